The first-order valence-electron chi connectivity index (χ1n) is 15.7. The van der Waals surface area contributed by atoms with E-state index < -0.39 is 12.1 Å². The number of aromatic nitrogens is 4. The van der Waals surface area contributed by atoms with Crippen LogP contribution in [-0.4, -0.2) is 67.4 Å². The molecule has 1 saturated heterocycles. The molecule has 242 valence electrons. The van der Waals surface area contributed by atoms with Gasteiger partial charge in [-0.15, -0.1) is 10.2 Å². The lowest BCUT2D eigenvalue weighted by atomic mass is 10.1. The fraction of sp³-hybridized carbons (Fsp3) is 0.343. The first kappa shape index (κ1) is 32.3. The van der Waals surface area contributed by atoms with Crippen molar-refractivity contribution in [3.8, 4) is 17.5 Å². The fourth-order valence-electron chi connectivity index (χ4n) is 5.85. The van der Waals surface area contributed by atoms with Crippen molar-refractivity contribution in [1.29, 1.82) is 5.26 Å². The number of pyridine rings is 2. The quantitative estimate of drug-likeness (QED) is 0.183. The fourth-order valence-corrected chi connectivity index (χ4v) is 6.06. The molecule has 47 heavy (non-hydrogen) atoms. The topological polar surface area (TPSA) is 147 Å². The van der Waals surface area contributed by atoms with E-state index in [0.717, 1.165) is 67.0 Å². The van der Waals surface area contributed by atoms with Gasteiger partial charge < -0.3 is 19.8 Å². The summed E-state index contributed by atoms with van der Waals surface area (Å²) in [6.45, 7) is 10.8. The molecule has 2 aromatic carbocycles. The van der Waals surface area contributed by atoms with Crippen LogP contribution in [0.3, 0.4) is 0 Å². The van der Waals surface area contributed by atoms with Gasteiger partial charge in [-0.2, -0.15) is 5.26 Å². The lowest BCUT2D eigenvalue weighted by Crippen LogP contribution is -2.45. The Balaban J connectivity index is 1.04. The van der Waals surface area contributed by atoms with Crippen molar-refractivity contribution >= 4 is 28.3 Å². The number of nitriles is 1. The van der Waals surface area contributed by atoms with Gasteiger partial charge >= 0.3 is 0 Å². The van der Waals surface area contributed by atoms with Crippen molar-refractivity contribution in [2.45, 2.75) is 52.4 Å². The van der Waals surface area contributed by atoms with Gasteiger partial charge in [0.25, 0.3) is 5.56 Å². The van der Waals surface area contributed by atoms with Gasteiger partial charge in [0.1, 0.15) is 12.1 Å². The summed E-state index contributed by atoms with van der Waals surface area (Å²) < 4.78 is 6.00. The highest BCUT2D eigenvalue weighted by atomic mass is 35.5. The number of rotatable bonds is 10. The average molecular weight is 653 g/mol. The SMILES string of the molecule is CCc1cc2ncc(CN3CCN(Cc4ccc(-c5nnc(C(Nc6ccc(C#N)c(Cl)c6C)C(C)O)o5)cc4)CC3)cc2[nH]c1=O. The number of fused-ring (bicyclic) bond motifs is 1. The van der Waals surface area contributed by atoms with E-state index in [2.05, 4.69) is 53.5 Å². The summed E-state index contributed by atoms with van der Waals surface area (Å²) >= 11 is 6.34. The molecular weight excluding hydrogens is 616 g/mol. The Morgan fingerprint density at radius 1 is 1.06 bits per heavy atom. The highest BCUT2D eigenvalue weighted by molar-refractivity contribution is 6.32. The number of nitrogens with one attached hydrogen (secondary N) is 2. The zero-order valence-corrected chi connectivity index (χ0v) is 27.4. The molecule has 1 fully saturated rings. The van der Waals surface area contributed by atoms with Crippen molar-refractivity contribution in [3.05, 3.63) is 104 Å². The maximum atomic E-state index is 12.2. The number of aliphatic hydroxyl groups excluding tert-OH is 1. The number of H-pyrrole nitrogens is 1. The van der Waals surface area contributed by atoms with Gasteiger partial charge in [0.2, 0.25) is 11.8 Å². The molecule has 0 saturated carbocycles. The van der Waals surface area contributed by atoms with Crippen molar-refractivity contribution in [1.82, 2.24) is 30.0 Å². The summed E-state index contributed by atoms with van der Waals surface area (Å²) in [7, 11) is 0. The highest BCUT2D eigenvalue weighted by Gasteiger charge is 2.25. The van der Waals surface area contributed by atoms with Crippen molar-refractivity contribution in [3.63, 3.8) is 0 Å². The summed E-state index contributed by atoms with van der Waals surface area (Å²) in [6.07, 6.45) is 1.75. The van der Waals surface area contributed by atoms with Crippen LogP contribution in [-0.2, 0) is 19.5 Å². The number of hydrogen-bond donors (Lipinski definition) is 3. The zero-order chi connectivity index (χ0) is 33.1. The summed E-state index contributed by atoms with van der Waals surface area (Å²) in [5, 5.41) is 31.8. The third-order valence-electron chi connectivity index (χ3n) is 8.69. The number of aromatic amines is 1. The predicted molar refractivity (Wildman–Crippen MR) is 181 cm³/mol. The molecule has 1 aliphatic heterocycles. The molecule has 6 rings (SSSR count). The third kappa shape index (κ3) is 7.21. The summed E-state index contributed by atoms with van der Waals surface area (Å²) in [5.74, 6) is 0.607. The minimum atomic E-state index is -0.844. The highest BCUT2D eigenvalue weighted by Crippen LogP contribution is 2.31. The molecule has 0 aliphatic carbocycles. The molecule has 0 amide bonds. The minimum absolute atomic E-state index is 0.0398. The summed E-state index contributed by atoms with van der Waals surface area (Å²) in [6, 6.07) is 16.8. The van der Waals surface area contributed by atoms with E-state index in [1.807, 2.05) is 37.4 Å². The number of anilines is 1. The largest absolute Gasteiger partial charge is 0.418 e. The van der Waals surface area contributed by atoms with Gasteiger partial charge in [0.15, 0.2) is 0 Å². The van der Waals surface area contributed by atoms with E-state index in [0.29, 0.717) is 34.1 Å². The minimum Gasteiger partial charge on any atom is -0.418 e. The molecule has 3 N–H and O–H groups in total. The van der Waals surface area contributed by atoms with Crippen LogP contribution < -0.4 is 10.9 Å². The smallest absolute Gasteiger partial charge is 0.251 e. The van der Waals surface area contributed by atoms with Gasteiger partial charge in [0.05, 0.1) is 27.7 Å². The lowest BCUT2D eigenvalue weighted by Gasteiger charge is -2.34. The Kier molecular flexibility index (Phi) is 9.66. The van der Waals surface area contributed by atoms with E-state index in [1.165, 1.54) is 5.56 Å². The second-order valence-electron chi connectivity index (χ2n) is 12.0. The maximum Gasteiger partial charge on any atom is 0.251 e. The van der Waals surface area contributed by atoms with Crippen LogP contribution in [0.1, 0.15) is 53.6 Å². The van der Waals surface area contributed by atoms with Gasteiger partial charge in [-0.3, -0.25) is 19.6 Å². The van der Waals surface area contributed by atoms with E-state index >= 15 is 0 Å². The molecule has 5 aromatic rings. The van der Waals surface area contributed by atoms with Gasteiger partial charge in [-0.25, -0.2) is 0 Å². The van der Waals surface area contributed by atoms with Crippen molar-refractivity contribution < 1.29 is 9.52 Å². The number of aryl methyl sites for hydroxylation is 1. The van der Waals surface area contributed by atoms with Crippen LogP contribution in [0, 0.1) is 18.3 Å². The zero-order valence-electron chi connectivity index (χ0n) is 26.6. The van der Waals surface area contributed by atoms with Gasteiger partial charge in [0, 0.05) is 62.3 Å². The summed E-state index contributed by atoms with van der Waals surface area (Å²) in [5.41, 5.74) is 7.13. The van der Waals surface area contributed by atoms with Crippen LogP contribution in [0.15, 0.2) is 63.9 Å². The molecule has 0 spiro atoms. The molecule has 0 radical (unpaired) electrons. The second kappa shape index (κ2) is 14.0. The third-order valence-corrected chi connectivity index (χ3v) is 9.18. The number of benzene rings is 2. The molecule has 11 nitrogen and oxygen atoms in total. The molecule has 2 atom stereocenters. The van der Waals surface area contributed by atoms with E-state index in [-0.39, 0.29) is 11.4 Å². The Morgan fingerprint density at radius 3 is 2.43 bits per heavy atom. The second-order valence-corrected chi connectivity index (χ2v) is 12.4. The standard InChI is InChI=1S/C35H37ClN8O3/c1-4-25-16-29-30(40-33(25)46)15-24(18-38-29)20-44-13-11-43(12-14-44)19-23-5-7-26(8-6-23)34-41-42-35(47-34)32(22(3)45)39-28-10-9-27(17-37)31(36)21(28)2/h5-10,15-16,18,22,32,39,45H,4,11-14,19-20H2,1-3H3,(H,40,46). The van der Waals surface area contributed by atoms with Crippen LogP contribution >= 0.6 is 11.6 Å². The molecular formula is C35H37ClN8O3. The number of piperazine rings is 1. The molecule has 0 bridgehead atoms. The summed E-state index contributed by atoms with van der Waals surface area (Å²) in [4.78, 5) is 24.7. The Labute approximate surface area is 277 Å². The van der Waals surface area contributed by atoms with Crippen molar-refractivity contribution in [2.24, 2.45) is 0 Å². The Hall–Kier alpha value is -4.60. The van der Waals surface area contributed by atoms with Crippen LogP contribution in [0.25, 0.3) is 22.5 Å². The number of halogens is 1. The van der Waals surface area contributed by atoms with E-state index in [4.69, 9.17) is 16.0 Å². The van der Waals surface area contributed by atoms with Crippen LogP contribution in [0.2, 0.25) is 5.02 Å². The van der Waals surface area contributed by atoms with Gasteiger partial charge in [-0.1, -0.05) is 30.7 Å². The van der Waals surface area contributed by atoms with Gasteiger partial charge in [-0.05, 0) is 73.4 Å². The molecule has 4 heterocycles. The number of nitrogens with zero attached hydrogens (tertiary/aromatic N) is 6. The van der Waals surface area contributed by atoms with Crippen molar-refractivity contribution in [2.75, 3.05) is 31.5 Å². The predicted octanol–water partition coefficient (Wildman–Crippen LogP) is 5.22. The molecule has 3 aromatic heterocycles. The first-order chi connectivity index (χ1) is 22.7. The average Bonchev–Trinajstić information content (AvgIpc) is 3.56. The van der Waals surface area contributed by atoms with Crippen LogP contribution in [0.4, 0.5) is 5.69 Å². The lowest BCUT2D eigenvalue weighted by molar-refractivity contribution is 0.122. The Bertz CT molecular complexity index is 1970. The van der Waals surface area contributed by atoms with E-state index in [1.54, 1.807) is 26.0 Å². The molecule has 1 aliphatic rings. The first-order valence-corrected chi connectivity index (χ1v) is 16.1. The Morgan fingerprint density at radius 2 is 1.77 bits per heavy atom. The number of hydrogen-bond acceptors (Lipinski definition) is 10. The monoisotopic (exact) mass is 652 g/mol. The number of aliphatic hydroxyl groups is 1. The maximum absolute atomic E-state index is 12.2. The molecule has 2 unspecified atom stereocenters. The van der Waals surface area contributed by atoms with E-state index in [9.17, 15) is 15.2 Å². The molecule has 12 heteroatoms. The van der Waals surface area contributed by atoms with Crippen LogP contribution in [0.5, 0.6) is 0 Å². The normalized spacial score (nSPS) is 15.4.